The molecule has 1 heterocycles. The van der Waals surface area contributed by atoms with Gasteiger partial charge in [0.25, 0.3) is 5.56 Å². The summed E-state index contributed by atoms with van der Waals surface area (Å²) in [7, 11) is 0. The fourth-order valence-electron chi connectivity index (χ4n) is 2.07. The lowest BCUT2D eigenvalue weighted by Crippen LogP contribution is -2.24. The maximum absolute atomic E-state index is 12.0. The Kier molecular flexibility index (Phi) is 4.20. The Hall–Kier alpha value is -2.14. The van der Waals surface area contributed by atoms with Crippen molar-refractivity contribution in [3.63, 3.8) is 0 Å². The molecule has 2 N–H and O–H groups in total. The molecule has 0 unspecified atom stereocenters. The Morgan fingerprint density at radius 2 is 2.05 bits per heavy atom. The molecule has 0 saturated heterocycles. The largest absolute Gasteiger partial charge is 0.506 e. The van der Waals surface area contributed by atoms with Gasteiger partial charge in [-0.05, 0) is 32.0 Å². The van der Waals surface area contributed by atoms with Crippen LogP contribution in [-0.4, -0.2) is 21.4 Å². The molecule has 0 aliphatic heterocycles. The standard InChI is InChI=1S/C15H19N3O2/c1-4-16-9-12-14(19)8-15(20)18(17-12)13-6-5-10(2)7-11(13)3/h5-8,16,19H,4,9H2,1-3H3. The van der Waals surface area contributed by atoms with Gasteiger partial charge in [0.15, 0.2) is 0 Å². The van der Waals surface area contributed by atoms with Crippen molar-refractivity contribution in [2.24, 2.45) is 0 Å². The van der Waals surface area contributed by atoms with Gasteiger partial charge in [-0.25, -0.2) is 0 Å². The summed E-state index contributed by atoms with van der Waals surface area (Å²) in [5, 5.41) is 17.1. The number of hydrogen-bond donors (Lipinski definition) is 2. The first kappa shape index (κ1) is 14.3. The smallest absolute Gasteiger partial charge is 0.275 e. The highest BCUT2D eigenvalue weighted by molar-refractivity contribution is 5.42. The Balaban J connectivity index is 2.53. The van der Waals surface area contributed by atoms with Gasteiger partial charge in [0.05, 0.1) is 5.69 Å². The third-order valence-corrected chi connectivity index (χ3v) is 3.11. The molecule has 20 heavy (non-hydrogen) atoms. The van der Waals surface area contributed by atoms with E-state index in [1.165, 1.54) is 10.7 Å². The highest BCUT2D eigenvalue weighted by Gasteiger charge is 2.10. The van der Waals surface area contributed by atoms with E-state index in [0.717, 1.165) is 23.4 Å². The van der Waals surface area contributed by atoms with Crippen molar-refractivity contribution in [1.82, 2.24) is 15.1 Å². The summed E-state index contributed by atoms with van der Waals surface area (Å²) in [6.07, 6.45) is 0. The first-order chi connectivity index (χ1) is 9.52. The topological polar surface area (TPSA) is 67.2 Å². The molecule has 5 nitrogen and oxygen atoms in total. The van der Waals surface area contributed by atoms with E-state index in [4.69, 9.17) is 0 Å². The molecule has 0 radical (unpaired) electrons. The highest BCUT2D eigenvalue weighted by atomic mass is 16.3. The third-order valence-electron chi connectivity index (χ3n) is 3.11. The monoisotopic (exact) mass is 273 g/mol. The summed E-state index contributed by atoms with van der Waals surface area (Å²) in [6, 6.07) is 7.01. The molecule has 0 bridgehead atoms. The second-order valence-electron chi connectivity index (χ2n) is 4.80. The third kappa shape index (κ3) is 2.88. The SMILES string of the molecule is CCNCc1nn(-c2ccc(C)cc2C)c(=O)cc1O. The molecule has 0 aliphatic carbocycles. The van der Waals surface area contributed by atoms with Crippen LogP contribution in [0.1, 0.15) is 23.7 Å². The summed E-state index contributed by atoms with van der Waals surface area (Å²) in [5.74, 6) is -0.0723. The lowest BCUT2D eigenvalue weighted by Gasteiger charge is -2.11. The summed E-state index contributed by atoms with van der Waals surface area (Å²) in [5.41, 5.74) is 2.96. The molecule has 0 spiro atoms. The lowest BCUT2D eigenvalue weighted by molar-refractivity contribution is 0.452. The second-order valence-corrected chi connectivity index (χ2v) is 4.80. The molecule has 5 heteroatoms. The van der Waals surface area contributed by atoms with Gasteiger partial charge in [-0.3, -0.25) is 4.79 Å². The van der Waals surface area contributed by atoms with Crippen LogP contribution in [0.4, 0.5) is 0 Å². The van der Waals surface area contributed by atoms with E-state index in [-0.39, 0.29) is 11.3 Å². The number of aryl methyl sites for hydroxylation is 2. The number of aromatic nitrogens is 2. The molecule has 0 amide bonds. The minimum Gasteiger partial charge on any atom is -0.506 e. The quantitative estimate of drug-likeness (QED) is 0.889. The van der Waals surface area contributed by atoms with E-state index in [1.807, 2.05) is 39.0 Å². The van der Waals surface area contributed by atoms with E-state index in [9.17, 15) is 9.90 Å². The van der Waals surface area contributed by atoms with Crippen molar-refractivity contribution in [3.8, 4) is 11.4 Å². The van der Waals surface area contributed by atoms with Crippen molar-refractivity contribution in [2.75, 3.05) is 6.54 Å². The second kappa shape index (κ2) is 5.88. The van der Waals surface area contributed by atoms with E-state index < -0.39 is 0 Å². The van der Waals surface area contributed by atoms with Gasteiger partial charge in [-0.15, -0.1) is 0 Å². The van der Waals surface area contributed by atoms with Gasteiger partial charge in [0.2, 0.25) is 0 Å². The predicted octanol–water partition coefficient (Wildman–Crippen LogP) is 1.66. The van der Waals surface area contributed by atoms with Gasteiger partial charge in [0, 0.05) is 12.6 Å². The first-order valence-corrected chi connectivity index (χ1v) is 6.63. The van der Waals surface area contributed by atoms with Crippen molar-refractivity contribution >= 4 is 0 Å². The van der Waals surface area contributed by atoms with Crippen molar-refractivity contribution < 1.29 is 5.11 Å². The molecule has 0 aliphatic rings. The minimum atomic E-state index is -0.338. The van der Waals surface area contributed by atoms with Crippen LogP contribution in [0.3, 0.4) is 0 Å². The maximum atomic E-state index is 12.0. The van der Waals surface area contributed by atoms with Crippen LogP contribution >= 0.6 is 0 Å². The molecular weight excluding hydrogens is 254 g/mol. The Morgan fingerprint density at radius 1 is 1.30 bits per heavy atom. The van der Waals surface area contributed by atoms with Gasteiger partial charge in [-0.2, -0.15) is 9.78 Å². The minimum absolute atomic E-state index is 0.0723. The van der Waals surface area contributed by atoms with Gasteiger partial charge < -0.3 is 10.4 Å². The predicted molar refractivity (Wildman–Crippen MR) is 78.4 cm³/mol. The average molecular weight is 273 g/mol. The van der Waals surface area contributed by atoms with Crippen LogP contribution < -0.4 is 10.9 Å². The zero-order valence-corrected chi connectivity index (χ0v) is 12.0. The number of hydrogen-bond acceptors (Lipinski definition) is 4. The number of rotatable bonds is 4. The number of nitrogens with one attached hydrogen (secondary N) is 1. The van der Waals surface area contributed by atoms with Crippen molar-refractivity contribution in [3.05, 3.63) is 51.4 Å². The molecule has 1 aromatic heterocycles. The highest BCUT2D eigenvalue weighted by Crippen LogP contribution is 2.16. The van der Waals surface area contributed by atoms with Crippen LogP contribution in [0.5, 0.6) is 5.75 Å². The van der Waals surface area contributed by atoms with E-state index >= 15 is 0 Å². The lowest BCUT2D eigenvalue weighted by atomic mass is 10.1. The molecule has 0 atom stereocenters. The molecule has 1 aromatic carbocycles. The van der Waals surface area contributed by atoms with E-state index in [1.54, 1.807) is 0 Å². The summed E-state index contributed by atoms with van der Waals surface area (Å²) < 4.78 is 1.33. The zero-order chi connectivity index (χ0) is 14.7. The molecule has 2 aromatic rings. The van der Waals surface area contributed by atoms with Crippen LogP contribution in [0.15, 0.2) is 29.1 Å². The normalized spacial score (nSPS) is 10.8. The Bertz CT molecular complexity index is 677. The molecule has 0 fully saturated rings. The fraction of sp³-hybridized carbons (Fsp3) is 0.333. The summed E-state index contributed by atoms with van der Waals surface area (Å²) in [6.45, 7) is 7.10. The molecule has 2 rings (SSSR count). The van der Waals surface area contributed by atoms with Crippen LogP contribution in [0, 0.1) is 13.8 Å². The zero-order valence-electron chi connectivity index (χ0n) is 12.0. The molecular formula is C15H19N3O2. The average Bonchev–Trinajstić information content (AvgIpc) is 2.39. The maximum Gasteiger partial charge on any atom is 0.275 e. The van der Waals surface area contributed by atoms with Gasteiger partial charge in [-0.1, -0.05) is 24.6 Å². The van der Waals surface area contributed by atoms with Crippen LogP contribution in [-0.2, 0) is 6.54 Å². The Morgan fingerprint density at radius 3 is 2.70 bits per heavy atom. The number of nitrogens with zero attached hydrogens (tertiary/aromatic N) is 2. The van der Waals surface area contributed by atoms with Crippen LogP contribution in [0.25, 0.3) is 5.69 Å². The van der Waals surface area contributed by atoms with Gasteiger partial charge in [0.1, 0.15) is 11.4 Å². The fourth-order valence-corrected chi connectivity index (χ4v) is 2.07. The van der Waals surface area contributed by atoms with Crippen LogP contribution in [0.2, 0.25) is 0 Å². The van der Waals surface area contributed by atoms with Crippen molar-refractivity contribution in [1.29, 1.82) is 0 Å². The Labute approximate surface area is 117 Å². The summed E-state index contributed by atoms with van der Waals surface area (Å²) in [4.78, 5) is 12.0. The number of aromatic hydroxyl groups is 1. The first-order valence-electron chi connectivity index (χ1n) is 6.63. The molecule has 0 saturated carbocycles. The summed E-state index contributed by atoms with van der Waals surface area (Å²) >= 11 is 0. The molecule has 106 valence electrons. The van der Waals surface area contributed by atoms with Gasteiger partial charge >= 0.3 is 0 Å². The van der Waals surface area contributed by atoms with Crippen molar-refractivity contribution in [2.45, 2.75) is 27.3 Å². The van der Waals surface area contributed by atoms with E-state index in [2.05, 4.69) is 10.4 Å². The number of benzene rings is 1. The van der Waals surface area contributed by atoms with E-state index in [0.29, 0.717) is 12.2 Å².